The summed E-state index contributed by atoms with van der Waals surface area (Å²) in [6.45, 7) is 24.1. The minimum Gasteiger partial charge on any atom is -0.481 e. The molecule has 0 aromatic rings. The number of carbonyl (C=O) groups excluding carboxylic acids is 1. The predicted molar refractivity (Wildman–Crippen MR) is 209 cm³/mol. The molecule has 1 heterocycles. The second kappa shape index (κ2) is 14.0. The maximum absolute atomic E-state index is 13.1. The van der Waals surface area contributed by atoms with Crippen LogP contribution < -0.4 is 5.32 Å². The number of aliphatic hydroxyl groups is 1. The summed E-state index contributed by atoms with van der Waals surface area (Å²) >= 11 is 0. The zero-order valence-corrected chi connectivity index (χ0v) is 35.6. The van der Waals surface area contributed by atoms with E-state index < -0.39 is 33.3 Å². The van der Waals surface area contributed by atoms with Crippen molar-refractivity contribution in [3.05, 3.63) is 0 Å². The fraction of sp³-hybridized carbons (Fsp3) is 0.953. The number of carboxylic acids is 1. The van der Waals surface area contributed by atoms with Crippen molar-refractivity contribution in [2.24, 2.45) is 62.6 Å². The summed E-state index contributed by atoms with van der Waals surface area (Å²) in [5.74, 6) is 2.43. The standard InChI is InChI=1S/C43H74N2O7S/c1-27(2)29-13-18-43(44-26-31(28(3)46)45-21-23-53(50,51)24-22-45)20-19-41(9)30(36(29)43)11-12-33-40(8)16-15-34(52-35(47)25-38(4,5)37(48)49)39(6,7)32(40)14-17-42(33,41)10/h27-34,36,44,46H,11-26H2,1-10H3,(H,48,49)/t28-,29-,30+,31-,32-,33+,34-,36+,40-,41+,42+,43-/m0/s1. The number of hydrogen-bond acceptors (Lipinski definition) is 8. The highest BCUT2D eigenvalue weighted by molar-refractivity contribution is 7.91. The lowest BCUT2D eigenvalue weighted by molar-refractivity contribution is -0.247. The fourth-order valence-electron chi connectivity index (χ4n) is 14.5. The number of ether oxygens (including phenoxy) is 1. The number of carboxylic acid groups (broad SMARTS) is 1. The molecule has 3 N–H and O–H groups in total. The summed E-state index contributed by atoms with van der Waals surface area (Å²) in [6, 6.07) is -0.100. The summed E-state index contributed by atoms with van der Waals surface area (Å²) < 4.78 is 30.7. The van der Waals surface area contributed by atoms with Gasteiger partial charge in [-0.15, -0.1) is 0 Å². The van der Waals surface area contributed by atoms with Gasteiger partial charge in [-0.2, -0.15) is 0 Å². The summed E-state index contributed by atoms with van der Waals surface area (Å²) in [7, 11) is -2.99. The van der Waals surface area contributed by atoms with E-state index in [1.54, 1.807) is 13.8 Å². The van der Waals surface area contributed by atoms with Crippen molar-refractivity contribution >= 4 is 21.8 Å². The molecule has 5 saturated carbocycles. The Balaban J connectivity index is 1.23. The third kappa shape index (κ3) is 6.85. The molecule has 6 aliphatic rings. The Morgan fingerprint density at radius 2 is 1.53 bits per heavy atom. The molecule has 0 radical (unpaired) electrons. The predicted octanol–water partition coefficient (Wildman–Crippen LogP) is 6.96. The van der Waals surface area contributed by atoms with Crippen LogP contribution in [0.5, 0.6) is 0 Å². The molecule has 1 saturated heterocycles. The van der Waals surface area contributed by atoms with Gasteiger partial charge in [-0.1, -0.05) is 48.5 Å². The van der Waals surface area contributed by atoms with Crippen LogP contribution in [0.4, 0.5) is 0 Å². The van der Waals surface area contributed by atoms with Gasteiger partial charge in [0.05, 0.1) is 29.4 Å². The topological polar surface area (TPSA) is 133 Å². The number of sulfone groups is 1. The van der Waals surface area contributed by atoms with Gasteiger partial charge >= 0.3 is 11.9 Å². The molecule has 0 aromatic heterocycles. The molecule has 304 valence electrons. The number of esters is 1. The molecule has 0 aromatic carbocycles. The molecule has 53 heavy (non-hydrogen) atoms. The zero-order valence-electron chi connectivity index (χ0n) is 34.8. The molecule has 9 nitrogen and oxygen atoms in total. The van der Waals surface area contributed by atoms with Crippen LogP contribution in [-0.4, -0.2) is 90.4 Å². The minimum absolute atomic E-state index is 0.0392. The number of hydrogen-bond donors (Lipinski definition) is 3. The molecule has 0 unspecified atom stereocenters. The zero-order chi connectivity index (χ0) is 39.2. The van der Waals surface area contributed by atoms with Crippen LogP contribution in [0.2, 0.25) is 0 Å². The first kappa shape index (κ1) is 41.4. The Labute approximate surface area is 321 Å². The van der Waals surface area contributed by atoms with E-state index in [1.165, 1.54) is 38.5 Å². The van der Waals surface area contributed by atoms with E-state index in [4.69, 9.17) is 4.74 Å². The quantitative estimate of drug-likeness (QED) is 0.202. The van der Waals surface area contributed by atoms with Crippen molar-refractivity contribution in [3.63, 3.8) is 0 Å². The minimum atomic E-state index is -2.99. The second-order valence-electron chi connectivity index (χ2n) is 21.4. The molecule has 6 rings (SSSR count). The Hall–Kier alpha value is -1.23. The van der Waals surface area contributed by atoms with Gasteiger partial charge in [-0.25, -0.2) is 8.42 Å². The highest BCUT2D eigenvalue weighted by Gasteiger charge is 2.71. The molecular formula is C43H74N2O7S. The summed E-state index contributed by atoms with van der Waals surface area (Å²) in [5.41, 5.74) is -0.767. The number of nitrogens with one attached hydrogen (secondary N) is 1. The first-order valence-electron chi connectivity index (χ1n) is 21.2. The average molecular weight is 763 g/mol. The third-order valence-corrected chi connectivity index (χ3v) is 19.4. The van der Waals surface area contributed by atoms with Crippen molar-refractivity contribution in [1.82, 2.24) is 10.2 Å². The molecule has 0 bridgehead atoms. The van der Waals surface area contributed by atoms with E-state index >= 15 is 0 Å². The first-order chi connectivity index (χ1) is 24.4. The van der Waals surface area contributed by atoms with Gasteiger partial charge in [0.1, 0.15) is 6.10 Å². The van der Waals surface area contributed by atoms with Crippen molar-refractivity contribution in [2.45, 2.75) is 164 Å². The third-order valence-electron chi connectivity index (χ3n) is 17.8. The lowest BCUT2D eigenvalue weighted by atomic mass is 9.32. The number of carbonyl (C=O) groups is 2. The smallest absolute Gasteiger partial charge is 0.309 e. The molecule has 10 heteroatoms. The molecule has 12 atom stereocenters. The van der Waals surface area contributed by atoms with Crippen molar-refractivity contribution in [2.75, 3.05) is 31.1 Å². The van der Waals surface area contributed by atoms with E-state index in [-0.39, 0.29) is 57.3 Å². The van der Waals surface area contributed by atoms with E-state index in [1.807, 2.05) is 6.92 Å². The Kier molecular flexibility index (Phi) is 10.9. The van der Waals surface area contributed by atoms with Crippen LogP contribution in [0, 0.1) is 62.6 Å². The Bertz CT molecular complexity index is 1500. The van der Waals surface area contributed by atoms with Crippen LogP contribution in [-0.2, 0) is 24.2 Å². The SMILES string of the molecule is CC(C)[C@@H]1CC[C@]2(NC[C@@H]([C@H](C)O)N3CCS(=O)(=O)CC3)CC[C@]3(C)[C@H](CC[C@@H]4[C@@]5(C)CC[C@H](OC(=O)CC(C)(C)C(=O)O)C(C)(C)[C@@H]5CC[C@]43C)[C@@H]12. The van der Waals surface area contributed by atoms with E-state index in [0.717, 1.165) is 25.7 Å². The van der Waals surface area contributed by atoms with Crippen LogP contribution in [0.3, 0.4) is 0 Å². The fourth-order valence-corrected chi connectivity index (χ4v) is 15.7. The average Bonchev–Trinajstić information content (AvgIpc) is 3.43. The summed E-state index contributed by atoms with van der Waals surface area (Å²) in [6.07, 6.45) is 10.5. The highest BCUT2D eigenvalue weighted by atomic mass is 32.2. The Morgan fingerprint density at radius 3 is 2.13 bits per heavy atom. The van der Waals surface area contributed by atoms with E-state index in [9.17, 15) is 28.2 Å². The van der Waals surface area contributed by atoms with Gasteiger partial charge in [-0.3, -0.25) is 14.5 Å². The maximum atomic E-state index is 13.1. The maximum Gasteiger partial charge on any atom is 0.309 e. The van der Waals surface area contributed by atoms with E-state index in [2.05, 4.69) is 58.7 Å². The van der Waals surface area contributed by atoms with Gasteiger partial charge in [-0.05, 0) is 137 Å². The largest absolute Gasteiger partial charge is 0.481 e. The van der Waals surface area contributed by atoms with Gasteiger partial charge in [0.2, 0.25) is 0 Å². The molecule has 0 spiro atoms. The van der Waals surface area contributed by atoms with Crippen LogP contribution in [0.25, 0.3) is 0 Å². The van der Waals surface area contributed by atoms with Gasteiger partial charge in [0.15, 0.2) is 9.84 Å². The van der Waals surface area contributed by atoms with Crippen molar-refractivity contribution in [3.8, 4) is 0 Å². The van der Waals surface area contributed by atoms with Gasteiger partial charge in [0.25, 0.3) is 0 Å². The number of fused-ring (bicyclic) bond motifs is 7. The molecular weight excluding hydrogens is 689 g/mol. The van der Waals surface area contributed by atoms with Gasteiger partial charge < -0.3 is 20.3 Å². The Morgan fingerprint density at radius 1 is 0.868 bits per heavy atom. The second-order valence-corrected chi connectivity index (χ2v) is 23.7. The lowest BCUT2D eigenvalue weighted by Crippen LogP contribution is -2.69. The van der Waals surface area contributed by atoms with Crippen LogP contribution in [0.15, 0.2) is 0 Å². The molecule has 0 amide bonds. The number of aliphatic hydroxyl groups excluding tert-OH is 1. The van der Waals surface area contributed by atoms with Crippen LogP contribution >= 0.6 is 0 Å². The number of aliphatic carboxylic acids is 1. The highest BCUT2D eigenvalue weighted by Crippen LogP contribution is 2.76. The number of rotatable bonds is 10. The summed E-state index contributed by atoms with van der Waals surface area (Å²) in [5, 5.41) is 24.8. The normalized spacial score (nSPS) is 43.5. The van der Waals surface area contributed by atoms with E-state index in [0.29, 0.717) is 55.1 Å². The van der Waals surface area contributed by atoms with Crippen molar-refractivity contribution in [1.29, 1.82) is 0 Å². The van der Waals surface area contributed by atoms with Gasteiger partial charge in [0, 0.05) is 36.6 Å². The summed E-state index contributed by atoms with van der Waals surface area (Å²) in [4.78, 5) is 27.1. The van der Waals surface area contributed by atoms with Crippen molar-refractivity contribution < 1.29 is 33.0 Å². The molecule has 5 aliphatic carbocycles. The molecule has 1 aliphatic heterocycles. The lowest BCUT2D eigenvalue weighted by Gasteiger charge is -2.73. The number of nitrogens with zero attached hydrogens (tertiary/aromatic N) is 1. The van der Waals surface area contributed by atoms with Crippen LogP contribution in [0.1, 0.15) is 140 Å². The monoisotopic (exact) mass is 763 g/mol. The molecule has 6 fully saturated rings. The first-order valence-corrected chi connectivity index (χ1v) is 23.1.